The summed E-state index contributed by atoms with van der Waals surface area (Å²) >= 11 is 0. The fourth-order valence-electron chi connectivity index (χ4n) is 16.5. The first-order valence-corrected chi connectivity index (χ1v) is 24.9. The van der Waals surface area contributed by atoms with E-state index in [1.54, 1.807) is 12.2 Å². The van der Waals surface area contributed by atoms with Gasteiger partial charge in [0.25, 0.3) is 0 Å². The lowest BCUT2D eigenvalue weighted by Gasteiger charge is -2.59. The number of carbonyl (C=O) groups excluding carboxylic acids is 4. The van der Waals surface area contributed by atoms with Crippen LogP contribution >= 0.6 is 0 Å². The van der Waals surface area contributed by atoms with Crippen molar-refractivity contribution in [2.75, 3.05) is 6.61 Å². The quantitative estimate of drug-likeness (QED) is 0.147. The number of ether oxygens (including phenoxy) is 2. The van der Waals surface area contributed by atoms with Crippen LogP contribution in [0.15, 0.2) is 47.6 Å². The van der Waals surface area contributed by atoms with Crippen LogP contribution < -0.4 is 0 Å². The lowest BCUT2D eigenvalue weighted by Crippen LogP contribution is -2.61. The van der Waals surface area contributed by atoms with E-state index in [0.717, 1.165) is 61.9 Å². The Bertz CT molecular complexity index is 1910. The minimum Gasteiger partial charge on any atom is -0.462 e. The topological polar surface area (TPSA) is 127 Å². The number of ketones is 2. The molecule has 0 bridgehead atoms. The molecular weight excluding hydrogens is 777 g/mol. The van der Waals surface area contributed by atoms with E-state index in [4.69, 9.17) is 9.47 Å². The van der Waals surface area contributed by atoms with E-state index in [-0.39, 0.29) is 60.7 Å². The minimum atomic E-state index is -1.74. The van der Waals surface area contributed by atoms with Gasteiger partial charge in [-0.15, -0.1) is 0 Å². The van der Waals surface area contributed by atoms with E-state index < -0.39 is 46.9 Å². The third kappa shape index (κ3) is 7.49. The second-order valence-corrected chi connectivity index (χ2v) is 23.1. The average molecular weight is 855 g/mol. The number of esters is 2. The molecule has 8 rings (SSSR count). The molecule has 0 aromatic carbocycles. The highest BCUT2D eigenvalue weighted by molar-refractivity contribution is 6.01. The standard InChI is InChI=1S/C54H78O8/c1-9-34(32(2)3)11-10-33(4)41-16-17-42-39-14-12-36-29-38(21-25-50(36,5)43(39)22-26-52(41,42)7)62-48(59)19-18-47(58)61-31-46(57)54(60)27-23-44-40-15-13-35-28-37(55)20-24-51(35,6)49(40)45(56)30-53(44,54)8/h10-12,20,24,28,32-34,38-45,49,56,60H,9,13-19,21-23,25-27,29-31H2,1-8H3/b11-10+/t33-,34-,38+,39+,40+,41-,42+,43+,44+,45+,49-,50+,51+,52-,53+,54+/m1/s1. The Morgan fingerprint density at radius 3 is 2.35 bits per heavy atom. The lowest BCUT2D eigenvalue weighted by molar-refractivity contribution is -0.181. The summed E-state index contributed by atoms with van der Waals surface area (Å²) in [6.45, 7) is 18.0. The van der Waals surface area contributed by atoms with Crippen molar-refractivity contribution in [3.05, 3.63) is 47.6 Å². The van der Waals surface area contributed by atoms with E-state index in [9.17, 15) is 29.4 Å². The van der Waals surface area contributed by atoms with Crippen LogP contribution in [0.3, 0.4) is 0 Å². The molecule has 6 saturated carbocycles. The number of aliphatic hydroxyl groups excluding tert-OH is 1. The normalized spacial score (nSPS) is 44.2. The highest BCUT2D eigenvalue weighted by Crippen LogP contribution is 2.69. The van der Waals surface area contributed by atoms with Gasteiger partial charge in [-0.25, -0.2) is 0 Å². The number of allylic oxidation sites excluding steroid dienone is 7. The highest BCUT2D eigenvalue weighted by atomic mass is 16.5. The van der Waals surface area contributed by atoms with E-state index in [1.165, 1.54) is 37.7 Å². The second kappa shape index (κ2) is 16.9. The minimum absolute atomic E-state index is 0.00609. The van der Waals surface area contributed by atoms with Gasteiger partial charge >= 0.3 is 11.9 Å². The predicted molar refractivity (Wildman–Crippen MR) is 240 cm³/mol. The summed E-state index contributed by atoms with van der Waals surface area (Å²) in [6.07, 6.45) is 24.4. The molecule has 0 saturated heterocycles. The fraction of sp³-hybridized carbons (Fsp3) is 0.778. The van der Waals surface area contributed by atoms with Gasteiger partial charge in [0, 0.05) is 23.2 Å². The van der Waals surface area contributed by atoms with Crippen LogP contribution in [0, 0.1) is 80.8 Å². The second-order valence-electron chi connectivity index (χ2n) is 23.1. The van der Waals surface area contributed by atoms with Gasteiger partial charge in [0.2, 0.25) is 5.78 Å². The third-order valence-corrected chi connectivity index (χ3v) is 20.1. The summed E-state index contributed by atoms with van der Waals surface area (Å²) in [6, 6.07) is 0. The molecule has 0 aromatic rings. The number of hydrogen-bond donors (Lipinski definition) is 2. The molecule has 62 heavy (non-hydrogen) atoms. The van der Waals surface area contributed by atoms with Gasteiger partial charge in [-0.3, -0.25) is 19.2 Å². The number of hydrogen-bond acceptors (Lipinski definition) is 8. The van der Waals surface area contributed by atoms with Crippen molar-refractivity contribution in [2.24, 2.45) is 80.8 Å². The zero-order chi connectivity index (χ0) is 44.6. The Balaban J connectivity index is 0.811. The molecule has 0 radical (unpaired) electrons. The van der Waals surface area contributed by atoms with Crippen LogP contribution in [-0.4, -0.2) is 58.1 Å². The van der Waals surface area contributed by atoms with Crippen LogP contribution in [0.2, 0.25) is 0 Å². The van der Waals surface area contributed by atoms with Gasteiger partial charge in [-0.1, -0.05) is 90.8 Å². The van der Waals surface area contributed by atoms with Gasteiger partial charge in [-0.2, -0.15) is 0 Å². The molecule has 2 N–H and O–H groups in total. The Hall–Kier alpha value is -2.84. The van der Waals surface area contributed by atoms with Crippen LogP contribution in [0.25, 0.3) is 0 Å². The van der Waals surface area contributed by atoms with E-state index in [1.807, 2.05) is 13.0 Å². The molecule has 0 heterocycles. The number of rotatable bonds is 12. The number of carbonyl (C=O) groups is 4. The van der Waals surface area contributed by atoms with Crippen molar-refractivity contribution in [3.63, 3.8) is 0 Å². The van der Waals surface area contributed by atoms with Crippen molar-refractivity contribution < 1.29 is 38.9 Å². The molecule has 16 atom stereocenters. The largest absolute Gasteiger partial charge is 0.462 e. The summed E-state index contributed by atoms with van der Waals surface area (Å²) in [5.41, 5.74) is -0.00960. The summed E-state index contributed by atoms with van der Waals surface area (Å²) in [5, 5.41) is 23.7. The molecule has 0 aliphatic heterocycles. The molecule has 8 nitrogen and oxygen atoms in total. The monoisotopic (exact) mass is 855 g/mol. The van der Waals surface area contributed by atoms with Crippen LogP contribution in [0.1, 0.15) is 158 Å². The summed E-state index contributed by atoms with van der Waals surface area (Å²) in [5.74, 6) is 3.16. The Morgan fingerprint density at radius 1 is 0.871 bits per heavy atom. The molecule has 8 aliphatic rings. The molecule has 0 spiro atoms. The Kier molecular flexibility index (Phi) is 12.4. The zero-order valence-electron chi connectivity index (χ0n) is 39.3. The van der Waals surface area contributed by atoms with Crippen LogP contribution in [0.5, 0.6) is 0 Å². The van der Waals surface area contributed by atoms with Crippen LogP contribution in [-0.2, 0) is 28.7 Å². The van der Waals surface area contributed by atoms with Gasteiger partial charge < -0.3 is 19.7 Å². The summed E-state index contributed by atoms with van der Waals surface area (Å²) < 4.78 is 11.4. The third-order valence-electron chi connectivity index (χ3n) is 20.1. The summed E-state index contributed by atoms with van der Waals surface area (Å²) in [7, 11) is 0. The summed E-state index contributed by atoms with van der Waals surface area (Å²) in [4.78, 5) is 52.0. The fourth-order valence-corrected chi connectivity index (χ4v) is 16.5. The highest BCUT2D eigenvalue weighted by Gasteiger charge is 2.68. The van der Waals surface area contributed by atoms with Crippen molar-refractivity contribution in [1.29, 1.82) is 0 Å². The molecule has 0 aromatic heterocycles. The first-order chi connectivity index (χ1) is 29.3. The van der Waals surface area contributed by atoms with Crippen LogP contribution in [0.4, 0.5) is 0 Å². The van der Waals surface area contributed by atoms with E-state index >= 15 is 0 Å². The first kappa shape index (κ1) is 45.7. The van der Waals surface area contributed by atoms with Crippen molar-refractivity contribution in [1.82, 2.24) is 0 Å². The maximum Gasteiger partial charge on any atom is 0.306 e. The molecule has 342 valence electrons. The lowest BCUT2D eigenvalue weighted by atomic mass is 9.46. The van der Waals surface area contributed by atoms with Crippen molar-refractivity contribution in [2.45, 2.75) is 176 Å². The van der Waals surface area contributed by atoms with Gasteiger partial charge in [-0.05, 0) is 160 Å². The van der Waals surface area contributed by atoms with E-state index in [0.29, 0.717) is 35.5 Å². The Morgan fingerprint density at radius 2 is 1.61 bits per heavy atom. The zero-order valence-corrected chi connectivity index (χ0v) is 39.3. The Labute approximate surface area is 372 Å². The molecule has 0 unspecified atom stereocenters. The molecule has 8 aliphatic carbocycles. The SMILES string of the molecule is CC[C@H](/C=C/[C@@H](C)[C@H]1CC[C@H]2[C@@H]3CC=C4C[C@@H](OC(=O)CCC(=O)OCC(=O)[C@@]5(O)CC[C@H]6[C@@H]7CCC8=CC(=O)C=C[C@]8(C)[C@H]7[C@@H](O)C[C@@]65C)CC[C@]4(C)[C@H]3CC[C@]12C)C(C)C. The predicted octanol–water partition coefficient (Wildman–Crippen LogP) is 10.3. The molecule has 6 fully saturated rings. The average Bonchev–Trinajstić information content (AvgIpc) is 3.72. The maximum absolute atomic E-state index is 13.8. The number of Topliss-reactive ketones (excluding diaryl/α,β-unsaturated/α-hetero) is 1. The van der Waals surface area contributed by atoms with E-state index in [2.05, 4.69) is 66.7 Å². The smallest absolute Gasteiger partial charge is 0.306 e. The molecular formula is C54H78O8. The van der Waals surface area contributed by atoms with Gasteiger partial charge in [0.15, 0.2) is 12.4 Å². The van der Waals surface area contributed by atoms with Crippen molar-refractivity contribution in [3.8, 4) is 0 Å². The van der Waals surface area contributed by atoms with Crippen molar-refractivity contribution >= 4 is 23.5 Å². The maximum atomic E-state index is 13.8. The first-order valence-electron chi connectivity index (χ1n) is 24.9. The number of aliphatic hydroxyl groups is 2. The number of fused-ring (bicyclic) bond motifs is 10. The van der Waals surface area contributed by atoms with Gasteiger partial charge in [0.05, 0.1) is 18.9 Å². The molecule has 8 heteroatoms. The molecule has 0 amide bonds. The van der Waals surface area contributed by atoms with Gasteiger partial charge in [0.1, 0.15) is 11.7 Å².